The molecule has 0 bridgehead atoms. The first kappa shape index (κ1) is 17.6. The van der Waals surface area contributed by atoms with Crippen LogP contribution in [0.3, 0.4) is 0 Å². The summed E-state index contributed by atoms with van der Waals surface area (Å²) in [5, 5.41) is 0. The number of nitrogens with zero attached hydrogens (tertiary/aromatic N) is 2. The Hall–Kier alpha value is -3.19. The Labute approximate surface area is 150 Å². The van der Waals surface area contributed by atoms with E-state index in [0.29, 0.717) is 5.69 Å². The lowest BCUT2D eigenvalue weighted by Crippen LogP contribution is -2.40. The number of rotatable bonds is 5. The van der Waals surface area contributed by atoms with Gasteiger partial charge in [-0.15, -0.1) is 6.58 Å². The zero-order valence-corrected chi connectivity index (χ0v) is 14.6. The van der Waals surface area contributed by atoms with Gasteiger partial charge in [-0.25, -0.2) is 17.8 Å². The minimum absolute atomic E-state index is 0.0134. The summed E-state index contributed by atoms with van der Waals surface area (Å²) in [5.41, 5.74) is -1.22. The van der Waals surface area contributed by atoms with Crippen LogP contribution in [0.4, 0.5) is 0 Å². The lowest BCUT2D eigenvalue weighted by Gasteiger charge is -2.12. The minimum Gasteiger partial charge on any atom is -0.295 e. The van der Waals surface area contributed by atoms with Gasteiger partial charge in [-0.05, 0) is 24.3 Å². The van der Waals surface area contributed by atoms with Crippen LogP contribution in [0, 0.1) is 0 Å². The van der Waals surface area contributed by atoms with Crippen LogP contribution in [-0.2, 0) is 16.4 Å². The third kappa shape index (κ3) is 3.04. The van der Waals surface area contributed by atoms with E-state index in [2.05, 4.69) is 6.58 Å². The van der Waals surface area contributed by atoms with Gasteiger partial charge >= 0.3 is 5.69 Å². The number of sulfone groups is 1. The lowest BCUT2D eigenvalue weighted by atomic mass is 10.3. The Balaban J connectivity index is 2.38. The van der Waals surface area contributed by atoms with Crippen LogP contribution in [0.5, 0.6) is 0 Å². The second-order valence-corrected chi connectivity index (χ2v) is 7.43. The molecule has 0 N–H and O–H groups in total. The average Bonchev–Trinajstić information content (AvgIpc) is 2.65. The van der Waals surface area contributed by atoms with Gasteiger partial charge in [0, 0.05) is 12.7 Å². The molecule has 1 aromatic heterocycles. The number of benzene rings is 2. The molecule has 0 saturated carbocycles. The van der Waals surface area contributed by atoms with Gasteiger partial charge in [-0.1, -0.05) is 42.5 Å². The summed E-state index contributed by atoms with van der Waals surface area (Å²) in [7, 11) is -4.09. The zero-order valence-electron chi connectivity index (χ0n) is 13.8. The number of aromatic nitrogens is 2. The fourth-order valence-corrected chi connectivity index (χ4v) is 3.92. The fraction of sp³-hybridized carbons (Fsp3) is 0.0526. The van der Waals surface area contributed by atoms with Crippen molar-refractivity contribution in [3.8, 4) is 5.69 Å². The fourth-order valence-electron chi connectivity index (χ4n) is 2.56. The molecule has 3 aromatic rings. The van der Waals surface area contributed by atoms with Gasteiger partial charge in [0.25, 0.3) is 5.56 Å². The predicted molar refractivity (Wildman–Crippen MR) is 98.4 cm³/mol. The smallest absolute Gasteiger partial charge is 0.295 e. The molecule has 0 aliphatic carbocycles. The molecule has 0 amide bonds. The summed E-state index contributed by atoms with van der Waals surface area (Å²) < 4.78 is 27.9. The average molecular weight is 368 g/mol. The van der Waals surface area contributed by atoms with E-state index in [9.17, 15) is 18.0 Å². The summed E-state index contributed by atoms with van der Waals surface area (Å²) in [5.74, 6) is 0. The second-order valence-electron chi connectivity index (χ2n) is 5.51. The van der Waals surface area contributed by atoms with Crippen LogP contribution < -0.4 is 11.2 Å². The molecule has 0 fully saturated rings. The summed E-state index contributed by atoms with van der Waals surface area (Å²) in [6.07, 6.45) is 2.54. The molecule has 1 heterocycles. The van der Waals surface area contributed by atoms with Crippen molar-refractivity contribution in [1.29, 1.82) is 0 Å². The monoisotopic (exact) mass is 368 g/mol. The van der Waals surface area contributed by atoms with Gasteiger partial charge in [0.1, 0.15) is 0 Å². The van der Waals surface area contributed by atoms with E-state index < -0.39 is 26.0 Å². The van der Waals surface area contributed by atoms with Gasteiger partial charge in [0.15, 0.2) is 4.90 Å². The van der Waals surface area contributed by atoms with Crippen LogP contribution in [-0.4, -0.2) is 17.6 Å². The molecule has 0 atom stereocenters. The number of allylic oxidation sites excluding steroid dienone is 1. The highest BCUT2D eigenvalue weighted by atomic mass is 32.2. The van der Waals surface area contributed by atoms with Crippen molar-refractivity contribution in [1.82, 2.24) is 9.13 Å². The van der Waals surface area contributed by atoms with Gasteiger partial charge in [0.05, 0.1) is 10.6 Å². The van der Waals surface area contributed by atoms with Gasteiger partial charge < -0.3 is 0 Å². The summed E-state index contributed by atoms with van der Waals surface area (Å²) in [4.78, 5) is 25.1. The van der Waals surface area contributed by atoms with Gasteiger partial charge in [-0.3, -0.25) is 9.36 Å². The molecule has 2 aromatic carbocycles. The Kier molecular flexibility index (Phi) is 4.73. The summed E-state index contributed by atoms with van der Waals surface area (Å²) >= 11 is 0. The Morgan fingerprint density at radius 1 is 0.923 bits per heavy atom. The highest BCUT2D eigenvalue weighted by Gasteiger charge is 2.25. The predicted octanol–water partition coefficient (Wildman–Crippen LogP) is 2.02. The molecule has 0 saturated heterocycles. The first-order valence-corrected chi connectivity index (χ1v) is 9.28. The van der Waals surface area contributed by atoms with E-state index in [0.717, 1.165) is 15.3 Å². The molecule has 6 nitrogen and oxygen atoms in total. The van der Waals surface area contributed by atoms with Crippen LogP contribution in [0.25, 0.3) is 5.69 Å². The van der Waals surface area contributed by atoms with Crippen molar-refractivity contribution < 1.29 is 8.42 Å². The standard InChI is InChI=1S/C19H16N2O4S/c1-2-13-20-14-17(26(24,25)16-11-7-4-8-12-16)18(22)21(19(20)23)15-9-5-3-6-10-15/h2-12,14H,1,13H2. The molecule has 26 heavy (non-hydrogen) atoms. The number of para-hydroxylation sites is 1. The number of hydrogen-bond donors (Lipinski definition) is 0. The van der Waals surface area contributed by atoms with Crippen molar-refractivity contribution in [2.45, 2.75) is 16.3 Å². The van der Waals surface area contributed by atoms with Crippen LogP contribution in [0.15, 0.2) is 98.9 Å². The lowest BCUT2D eigenvalue weighted by molar-refractivity contribution is 0.586. The van der Waals surface area contributed by atoms with Crippen molar-refractivity contribution in [3.63, 3.8) is 0 Å². The van der Waals surface area contributed by atoms with E-state index in [1.807, 2.05) is 0 Å². The van der Waals surface area contributed by atoms with Crippen molar-refractivity contribution in [3.05, 3.63) is 100 Å². The van der Waals surface area contributed by atoms with Gasteiger partial charge in [0.2, 0.25) is 9.84 Å². The molecule has 0 unspecified atom stereocenters. The Morgan fingerprint density at radius 3 is 2.08 bits per heavy atom. The molecule has 0 aliphatic heterocycles. The van der Waals surface area contributed by atoms with Crippen molar-refractivity contribution in [2.24, 2.45) is 0 Å². The molecule has 7 heteroatoms. The topological polar surface area (TPSA) is 78.1 Å². The van der Waals surface area contributed by atoms with E-state index in [4.69, 9.17) is 0 Å². The van der Waals surface area contributed by atoms with E-state index in [1.165, 1.54) is 18.2 Å². The molecular weight excluding hydrogens is 352 g/mol. The molecule has 0 spiro atoms. The highest BCUT2D eigenvalue weighted by Crippen LogP contribution is 2.17. The van der Waals surface area contributed by atoms with E-state index in [-0.39, 0.29) is 11.4 Å². The normalized spacial score (nSPS) is 11.2. The second kappa shape index (κ2) is 6.97. The van der Waals surface area contributed by atoms with E-state index >= 15 is 0 Å². The molecule has 132 valence electrons. The largest absolute Gasteiger partial charge is 0.335 e. The van der Waals surface area contributed by atoms with Crippen molar-refractivity contribution >= 4 is 9.84 Å². The minimum atomic E-state index is -4.09. The first-order chi connectivity index (χ1) is 12.5. The maximum absolute atomic E-state index is 13.0. The maximum atomic E-state index is 13.0. The van der Waals surface area contributed by atoms with Crippen LogP contribution in [0.1, 0.15) is 0 Å². The number of hydrogen-bond acceptors (Lipinski definition) is 4. The maximum Gasteiger partial charge on any atom is 0.335 e. The molecule has 0 aliphatic rings. The SMILES string of the molecule is C=CCn1cc(S(=O)(=O)c2ccccc2)c(=O)n(-c2ccccc2)c1=O. The molecular formula is C19H16N2O4S. The van der Waals surface area contributed by atoms with Crippen molar-refractivity contribution in [2.75, 3.05) is 0 Å². The first-order valence-electron chi connectivity index (χ1n) is 7.80. The Morgan fingerprint density at radius 2 is 1.50 bits per heavy atom. The van der Waals surface area contributed by atoms with Crippen LogP contribution >= 0.6 is 0 Å². The Bertz CT molecular complexity index is 1160. The highest BCUT2D eigenvalue weighted by molar-refractivity contribution is 7.91. The summed E-state index contributed by atoms with van der Waals surface area (Å²) in [6.45, 7) is 3.65. The zero-order chi connectivity index (χ0) is 18.7. The molecule has 3 rings (SSSR count). The van der Waals surface area contributed by atoms with E-state index in [1.54, 1.807) is 48.5 Å². The quantitative estimate of drug-likeness (QED) is 0.646. The van der Waals surface area contributed by atoms with Crippen LogP contribution in [0.2, 0.25) is 0 Å². The van der Waals surface area contributed by atoms with Gasteiger partial charge in [-0.2, -0.15) is 0 Å². The summed E-state index contributed by atoms with van der Waals surface area (Å²) in [6, 6.07) is 15.8. The third-order valence-electron chi connectivity index (χ3n) is 3.81. The molecule has 0 radical (unpaired) electrons. The third-order valence-corrected chi connectivity index (χ3v) is 5.56.